The number of rotatable bonds is 9. The van der Waals surface area contributed by atoms with E-state index in [0.29, 0.717) is 25.8 Å². The van der Waals surface area contributed by atoms with E-state index in [2.05, 4.69) is 10.6 Å². The van der Waals surface area contributed by atoms with E-state index in [1.165, 1.54) is 0 Å². The number of carbonyl (C=O) groups is 2. The van der Waals surface area contributed by atoms with Crippen LogP contribution in [0.5, 0.6) is 0 Å². The average molecular weight is 308 g/mol. The fourth-order valence-corrected chi connectivity index (χ4v) is 1.67. The molecule has 2 amide bonds. The van der Waals surface area contributed by atoms with Gasteiger partial charge < -0.3 is 16.4 Å². The monoisotopic (exact) mass is 307 g/mol. The summed E-state index contributed by atoms with van der Waals surface area (Å²) in [6, 6.07) is 0.147. The van der Waals surface area contributed by atoms with E-state index < -0.39 is 0 Å². The van der Waals surface area contributed by atoms with Crippen LogP contribution in [-0.4, -0.2) is 29.9 Å². The Morgan fingerprint density at radius 1 is 1.10 bits per heavy atom. The summed E-state index contributed by atoms with van der Waals surface area (Å²) >= 11 is 0. The molecule has 0 saturated carbocycles. The predicted octanol–water partition coefficient (Wildman–Crippen LogP) is 1.74. The first-order valence-corrected chi connectivity index (χ1v) is 7.18. The Bertz CT molecular complexity index is 292. The zero-order chi connectivity index (χ0) is 14.9. The largest absolute Gasteiger partial charge is 0.354 e. The van der Waals surface area contributed by atoms with E-state index in [1.807, 2.05) is 27.7 Å². The van der Waals surface area contributed by atoms with Gasteiger partial charge in [-0.2, -0.15) is 0 Å². The van der Waals surface area contributed by atoms with Crippen LogP contribution in [0.15, 0.2) is 0 Å². The highest BCUT2D eigenvalue weighted by Gasteiger charge is 2.20. The Kier molecular flexibility index (Phi) is 11.7. The van der Waals surface area contributed by atoms with Crippen molar-refractivity contribution >= 4 is 24.2 Å². The Labute approximate surface area is 128 Å². The molecule has 0 atom stereocenters. The molecule has 0 spiro atoms. The smallest absolute Gasteiger partial charge is 0.220 e. The fraction of sp³-hybridized carbons (Fsp3) is 0.857. The van der Waals surface area contributed by atoms with Gasteiger partial charge in [0.15, 0.2) is 0 Å². The summed E-state index contributed by atoms with van der Waals surface area (Å²) in [6.45, 7) is 8.37. The number of hydrogen-bond donors (Lipinski definition) is 3. The molecular formula is C14H30ClN3O2. The van der Waals surface area contributed by atoms with Crippen LogP contribution in [0, 0.1) is 0 Å². The van der Waals surface area contributed by atoms with Crippen LogP contribution in [0.2, 0.25) is 0 Å². The topological polar surface area (TPSA) is 84.2 Å². The molecular weight excluding hydrogens is 278 g/mol. The second kappa shape index (κ2) is 10.9. The molecule has 120 valence electrons. The van der Waals surface area contributed by atoms with Gasteiger partial charge in [0.25, 0.3) is 0 Å². The summed E-state index contributed by atoms with van der Waals surface area (Å²) < 4.78 is 0. The second-order valence-electron chi connectivity index (χ2n) is 5.42. The number of amides is 2. The molecule has 0 heterocycles. The van der Waals surface area contributed by atoms with Crippen LogP contribution in [0.3, 0.4) is 0 Å². The molecule has 0 aromatic heterocycles. The van der Waals surface area contributed by atoms with Gasteiger partial charge in [-0.1, -0.05) is 13.8 Å². The van der Waals surface area contributed by atoms with Crippen LogP contribution >= 0.6 is 12.4 Å². The minimum atomic E-state index is -0.315. The van der Waals surface area contributed by atoms with Gasteiger partial charge in [0.05, 0.1) is 0 Å². The van der Waals surface area contributed by atoms with E-state index in [0.717, 1.165) is 12.8 Å². The third-order valence-corrected chi connectivity index (χ3v) is 3.30. The van der Waals surface area contributed by atoms with Crippen molar-refractivity contribution in [2.24, 2.45) is 5.73 Å². The Morgan fingerprint density at radius 3 is 2.05 bits per heavy atom. The second-order valence-corrected chi connectivity index (χ2v) is 5.42. The molecule has 0 fully saturated rings. The Hall–Kier alpha value is -0.810. The van der Waals surface area contributed by atoms with Crippen molar-refractivity contribution in [2.45, 2.75) is 71.4 Å². The van der Waals surface area contributed by atoms with E-state index in [-0.39, 0.29) is 35.8 Å². The van der Waals surface area contributed by atoms with Crippen molar-refractivity contribution in [1.82, 2.24) is 10.6 Å². The summed E-state index contributed by atoms with van der Waals surface area (Å²) in [5.41, 5.74) is 5.78. The number of halogens is 1. The normalized spacial score (nSPS) is 10.9. The first-order valence-electron chi connectivity index (χ1n) is 7.18. The van der Waals surface area contributed by atoms with Gasteiger partial charge in [-0.25, -0.2) is 0 Å². The van der Waals surface area contributed by atoms with E-state index in [4.69, 9.17) is 5.73 Å². The van der Waals surface area contributed by atoms with E-state index in [9.17, 15) is 9.59 Å². The maximum atomic E-state index is 11.6. The summed E-state index contributed by atoms with van der Waals surface area (Å²) in [5, 5.41) is 5.64. The van der Waals surface area contributed by atoms with Crippen molar-refractivity contribution in [2.75, 3.05) is 6.54 Å². The molecule has 0 aliphatic carbocycles. The summed E-state index contributed by atoms with van der Waals surface area (Å²) in [5.74, 6) is -0.0350. The maximum absolute atomic E-state index is 11.6. The van der Waals surface area contributed by atoms with Crippen molar-refractivity contribution in [3.05, 3.63) is 0 Å². The first-order chi connectivity index (χ1) is 8.83. The van der Waals surface area contributed by atoms with Crippen LogP contribution in [0.4, 0.5) is 0 Å². The molecule has 0 aliphatic heterocycles. The average Bonchev–Trinajstić information content (AvgIpc) is 2.35. The SMILES string of the molecule is CCC(N)(CC)CNC(=O)CCCC(=O)NC(C)C.Cl. The summed E-state index contributed by atoms with van der Waals surface area (Å²) in [6.07, 6.45) is 3.00. The first kappa shape index (κ1) is 21.5. The molecule has 0 bridgehead atoms. The van der Waals surface area contributed by atoms with Crippen molar-refractivity contribution in [3.63, 3.8) is 0 Å². The highest BCUT2D eigenvalue weighted by molar-refractivity contribution is 5.85. The Morgan fingerprint density at radius 2 is 1.60 bits per heavy atom. The lowest BCUT2D eigenvalue weighted by atomic mass is 9.94. The van der Waals surface area contributed by atoms with Crippen molar-refractivity contribution < 1.29 is 9.59 Å². The number of nitrogens with two attached hydrogens (primary N) is 1. The lowest BCUT2D eigenvalue weighted by Gasteiger charge is -2.26. The zero-order valence-electron chi connectivity index (χ0n) is 13.1. The lowest BCUT2D eigenvalue weighted by molar-refractivity contribution is -0.122. The van der Waals surface area contributed by atoms with Crippen LogP contribution < -0.4 is 16.4 Å². The molecule has 6 heteroatoms. The van der Waals surface area contributed by atoms with Gasteiger partial charge in [-0.3, -0.25) is 9.59 Å². The van der Waals surface area contributed by atoms with Gasteiger partial charge in [0.2, 0.25) is 11.8 Å². The van der Waals surface area contributed by atoms with Gasteiger partial charge in [-0.05, 0) is 33.1 Å². The van der Waals surface area contributed by atoms with Crippen LogP contribution in [0.25, 0.3) is 0 Å². The molecule has 5 nitrogen and oxygen atoms in total. The van der Waals surface area contributed by atoms with E-state index >= 15 is 0 Å². The van der Waals surface area contributed by atoms with E-state index in [1.54, 1.807) is 0 Å². The van der Waals surface area contributed by atoms with Crippen molar-refractivity contribution in [1.29, 1.82) is 0 Å². The van der Waals surface area contributed by atoms with Gasteiger partial charge in [0, 0.05) is 31.0 Å². The molecule has 0 aromatic carbocycles. The van der Waals surface area contributed by atoms with Crippen LogP contribution in [0.1, 0.15) is 59.8 Å². The molecule has 0 rings (SSSR count). The zero-order valence-corrected chi connectivity index (χ0v) is 13.9. The maximum Gasteiger partial charge on any atom is 0.220 e. The van der Waals surface area contributed by atoms with Crippen LogP contribution in [-0.2, 0) is 9.59 Å². The lowest BCUT2D eigenvalue weighted by Crippen LogP contribution is -2.49. The van der Waals surface area contributed by atoms with Gasteiger partial charge >= 0.3 is 0 Å². The fourth-order valence-electron chi connectivity index (χ4n) is 1.67. The molecule has 0 radical (unpaired) electrons. The third kappa shape index (κ3) is 10.0. The number of hydrogen-bond acceptors (Lipinski definition) is 3. The Balaban J connectivity index is 0. The van der Waals surface area contributed by atoms with Gasteiger partial charge in [-0.15, -0.1) is 12.4 Å². The minimum absolute atomic E-state index is 0. The summed E-state index contributed by atoms with van der Waals surface area (Å²) in [4.78, 5) is 23.0. The quantitative estimate of drug-likeness (QED) is 0.606. The highest BCUT2D eigenvalue weighted by Crippen LogP contribution is 2.09. The molecule has 20 heavy (non-hydrogen) atoms. The third-order valence-electron chi connectivity index (χ3n) is 3.30. The number of carbonyl (C=O) groups excluding carboxylic acids is 2. The van der Waals surface area contributed by atoms with Gasteiger partial charge in [0.1, 0.15) is 0 Å². The number of nitrogens with one attached hydrogen (secondary N) is 2. The molecule has 4 N–H and O–H groups in total. The van der Waals surface area contributed by atoms with Crippen molar-refractivity contribution in [3.8, 4) is 0 Å². The molecule has 0 aromatic rings. The standard InChI is InChI=1S/C14H29N3O2.ClH/c1-5-14(15,6-2)10-16-12(18)8-7-9-13(19)17-11(3)4;/h11H,5-10,15H2,1-4H3,(H,16,18)(H,17,19);1H. The molecule has 0 unspecified atom stereocenters. The highest BCUT2D eigenvalue weighted by atomic mass is 35.5. The molecule has 0 saturated heterocycles. The summed E-state index contributed by atoms with van der Waals surface area (Å²) in [7, 11) is 0. The minimum Gasteiger partial charge on any atom is -0.354 e. The predicted molar refractivity (Wildman–Crippen MR) is 84.9 cm³/mol. The molecule has 0 aliphatic rings.